The van der Waals surface area contributed by atoms with Crippen molar-refractivity contribution >= 4 is 17.5 Å². The first-order chi connectivity index (χ1) is 10.6. The minimum Gasteiger partial charge on any atom is -0.379 e. The number of benzene rings is 1. The normalized spacial score (nSPS) is 15.3. The number of amides is 2. The van der Waals surface area contributed by atoms with E-state index < -0.39 is 5.91 Å². The van der Waals surface area contributed by atoms with Gasteiger partial charge < -0.3 is 15.4 Å². The highest BCUT2D eigenvalue weighted by Gasteiger charge is 2.12. The van der Waals surface area contributed by atoms with Gasteiger partial charge >= 0.3 is 0 Å². The van der Waals surface area contributed by atoms with E-state index in [2.05, 4.69) is 15.5 Å². The Morgan fingerprint density at radius 2 is 1.82 bits per heavy atom. The Bertz CT molecular complexity index is 501. The van der Waals surface area contributed by atoms with E-state index >= 15 is 0 Å². The Kier molecular flexibility index (Phi) is 6.29. The van der Waals surface area contributed by atoms with Gasteiger partial charge in [0.25, 0.3) is 0 Å². The van der Waals surface area contributed by atoms with Crippen molar-refractivity contribution in [3.63, 3.8) is 0 Å². The van der Waals surface area contributed by atoms with Gasteiger partial charge in [-0.25, -0.2) is 4.39 Å². The number of anilines is 1. The van der Waals surface area contributed by atoms with Gasteiger partial charge in [0.1, 0.15) is 12.2 Å². The molecule has 0 spiro atoms. The quantitative estimate of drug-likeness (QED) is 0.755. The smallest absolute Gasteiger partial charge is 0.233 e. The maximum absolute atomic E-state index is 12.7. The van der Waals surface area contributed by atoms with Crippen LogP contribution in [0.5, 0.6) is 0 Å². The molecule has 0 bridgehead atoms. The van der Waals surface area contributed by atoms with Crippen LogP contribution in [0.4, 0.5) is 10.1 Å². The Balaban J connectivity index is 1.63. The molecule has 2 N–H and O–H groups in total. The molecule has 0 saturated carbocycles. The van der Waals surface area contributed by atoms with Gasteiger partial charge in [-0.1, -0.05) is 0 Å². The number of nitrogens with one attached hydrogen (secondary N) is 2. The van der Waals surface area contributed by atoms with Gasteiger partial charge in [0.05, 0.1) is 13.2 Å². The van der Waals surface area contributed by atoms with Crippen LogP contribution in [-0.4, -0.2) is 56.1 Å². The molecule has 1 fully saturated rings. The Labute approximate surface area is 128 Å². The molecule has 0 unspecified atom stereocenters. The van der Waals surface area contributed by atoms with Crippen molar-refractivity contribution in [3.05, 3.63) is 30.1 Å². The van der Waals surface area contributed by atoms with Crippen molar-refractivity contribution in [2.75, 3.05) is 44.7 Å². The lowest BCUT2D eigenvalue weighted by Crippen LogP contribution is -2.41. The number of hydrogen-bond acceptors (Lipinski definition) is 4. The first kappa shape index (κ1) is 16.4. The van der Waals surface area contributed by atoms with Gasteiger partial charge in [-0.05, 0) is 24.3 Å². The standard InChI is InChI=1S/C15H20FN3O3/c16-12-1-3-13(4-2-12)18-15(21)11-14(20)17-5-6-19-7-9-22-10-8-19/h1-4H,5-11H2,(H,17,20)(H,18,21). The highest BCUT2D eigenvalue weighted by atomic mass is 19.1. The van der Waals surface area contributed by atoms with Crippen LogP contribution in [0.3, 0.4) is 0 Å². The van der Waals surface area contributed by atoms with E-state index in [0.717, 1.165) is 19.6 Å². The van der Waals surface area contributed by atoms with E-state index in [1.807, 2.05) is 0 Å². The van der Waals surface area contributed by atoms with Crippen LogP contribution in [0.15, 0.2) is 24.3 Å². The minimum absolute atomic E-state index is 0.250. The highest BCUT2D eigenvalue weighted by Crippen LogP contribution is 2.08. The van der Waals surface area contributed by atoms with Crippen LogP contribution in [0.1, 0.15) is 6.42 Å². The van der Waals surface area contributed by atoms with Gasteiger partial charge in [-0.15, -0.1) is 0 Å². The van der Waals surface area contributed by atoms with Crippen LogP contribution in [-0.2, 0) is 14.3 Å². The number of carbonyl (C=O) groups excluding carboxylic acids is 2. The molecule has 0 radical (unpaired) electrons. The summed E-state index contributed by atoms with van der Waals surface area (Å²) in [5.41, 5.74) is 0.465. The molecular weight excluding hydrogens is 289 g/mol. The number of carbonyl (C=O) groups is 2. The predicted octanol–water partition coefficient (Wildman–Crippen LogP) is 0.603. The molecule has 7 heteroatoms. The summed E-state index contributed by atoms with van der Waals surface area (Å²) in [4.78, 5) is 25.5. The summed E-state index contributed by atoms with van der Waals surface area (Å²) < 4.78 is 18.0. The Morgan fingerprint density at radius 1 is 1.14 bits per heavy atom. The number of morpholine rings is 1. The van der Waals surface area contributed by atoms with Crippen molar-refractivity contribution in [1.82, 2.24) is 10.2 Å². The fraction of sp³-hybridized carbons (Fsp3) is 0.467. The van der Waals surface area contributed by atoms with Crippen molar-refractivity contribution in [2.45, 2.75) is 6.42 Å². The van der Waals surface area contributed by atoms with Crippen molar-refractivity contribution < 1.29 is 18.7 Å². The summed E-state index contributed by atoms with van der Waals surface area (Å²) >= 11 is 0. The third-order valence-electron chi connectivity index (χ3n) is 3.30. The summed E-state index contributed by atoms with van der Waals surface area (Å²) in [5.74, 6) is -1.12. The first-order valence-electron chi connectivity index (χ1n) is 7.26. The molecule has 1 saturated heterocycles. The molecule has 120 valence electrons. The summed E-state index contributed by atoms with van der Waals surface area (Å²) in [7, 11) is 0. The lowest BCUT2D eigenvalue weighted by Gasteiger charge is -2.26. The average molecular weight is 309 g/mol. The van der Waals surface area contributed by atoms with Gasteiger partial charge in [-0.2, -0.15) is 0 Å². The van der Waals surface area contributed by atoms with Gasteiger partial charge in [0.15, 0.2) is 0 Å². The monoisotopic (exact) mass is 309 g/mol. The molecule has 0 aromatic heterocycles. The third-order valence-corrected chi connectivity index (χ3v) is 3.30. The summed E-state index contributed by atoms with van der Waals surface area (Å²) in [6.07, 6.45) is -0.250. The lowest BCUT2D eigenvalue weighted by atomic mass is 10.3. The van der Waals surface area contributed by atoms with Crippen LogP contribution < -0.4 is 10.6 Å². The zero-order valence-electron chi connectivity index (χ0n) is 12.3. The lowest BCUT2D eigenvalue weighted by molar-refractivity contribution is -0.126. The molecule has 2 amide bonds. The van der Waals surface area contributed by atoms with E-state index in [9.17, 15) is 14.0 Å². The molecule has 2 rings (SSSR count). The molecule has 1 aliphatic rings. The SMILES string of the molecule is O=C(CC(=O)Nc1ccc(F)cc1)NCCN1CCOCC1. The van der Waals surface area contributed by atoms with E-state index in [1.54, 1.807) is 0 Å². The molecule has 6 nitrogen and oxygen atoms in total. The fourth-order valence-corrected chi connectivity index (χ4v) is 2.12. The van der Waals surface area contributed by atoms with Crippen LogP contribution in [0, 0.1) is 5.82 Å². The van der Waals surface area contributed by atoms with Crippen LogP contribution in [0.25, 0.3) is 0 Å². The second-order valence-corrected chi connectivity index (χ2v) is 5.04. The largest absolute Gasteiger partial charge is 0.379 e. The number of halogens is 1. The van der Waals surface area contributed by atoms with Crippen LogP contribution in [0.2, 0.25) is 0 Å². The topological polar surface area (TPSA) is 70.7 Å². The van der Waals surface area contributed by atoms with Gasteiger partial charge in [-0.3, -0.25) is 14.5 Å². The van der Waals surface area contributed by atoms with Crippen molar-refractivity contribution in [3.8, 4) is 0 Å². The number of rotatable bonds is 6. The third kappa shape index (κ3) is 5.79. The fourth-order valence-electron chi connectivity index (χ4n) is 2.12. The summed E-state index contributed by atoms with van der Waals surface area (Å²) in [6, 6.07) is 5.39. The average Bonchev–Trinajstić information content (AvgIpc) is 2.50. The molecule has 1 aliphatic heterocycles. The first-order valence-corrected chi connectivity index (χ1v) is 7.26. The molecule has 1 aromatic rings. The number of hydrogen-bond donors (Lipinski definition) is 2. The molecule has 0 atom stereocenters. The van der Waals surface area contributed by atoms with Crippen LogP contribution >= 0.6 is 0 Å². The molecule has 1 heterocycles. The van der Waals surface area contributed by atoms with Gasteiger partial charge in [0, 0.05) is 31.9 Å². The second-order valence-electron chi connectivity index (χ2n) is 5.04. The summed E-state index contributed by atoms with van der Waals surface area (Å²) in [5, 5.41) is 5.26. The summed E-state index contributed by atoms with van der Waals surface area (Å²) in [6.45, 7) is 4.40. The molecule has 22 heavy (non-hydrogen) atoms. The van der Waals surface area contributed by atoms with Crippen molar-refractivity contribution in [2.24, 2.45) is 0 Å². The Hall–Kier alpha value is -1.99. The van der Waals surface area contributed by atoms with E-state index in [4.69, 9.17) is 4.74 Å². The van der Waals surface area contributed by atoms with E-state index in [1.165, 1.54) is 24.3 Å². The predicted molar refractivity (Wildman–Crippen MR) is 79.9 cm³/mol. The zero-order valence-corrected chi connectivity index (χ0v) is 12.3. The number of nitrogens with zero attached hydrogens (tertiary/aromatic N) is 1. The molecule has 0 aliphatic carbocycles. The van der Waals surface area contributed by atoms with Gasteiger partial charge in [0.2, 0.25) is 11.8 Å². The maximum Gasteiger partial charge on any atom is 0.233 e. The van der Waals surface area contributed by atoms with Crippen molar-refractivity contribution in [1.29, 1.82) is 0 Å². The molecular formula is C15H20FN3O3. The van der Waals surface area contributed by atoms with E-state index in [-0.39, 0.29) is 18.1 Å². The maximum atomic E-state index is 12.7. The second kappa shape index (κ2) is 8.45. The van der Waals surface area contributed by atoms with E-state index in [0.29, 0.717) is 25.4 Å². The Morgan fingerprint density at radius 3 is 2.50 bits per heavy atom. The zero-order chi connectivity index (χ0) is 15.8. The molecule has 1 aromatic carbocycles. The highest BCUT2D eigenvalue weighted by molar-refractivity contribution is 6.03. The minimum atomic E-state index is -0.421. The number of ether oxygens (including phenoxy) is 1.